The molecule has 36 heavy (non-hydrogen) atoms. The van der Waals surface area contributed by atoms with E-state index >= 15 is 0 Å². The lowest BCUT2D eigenvalue weighted by Gasteiger charge is -2.42. The van der Waals surface area contributed by atoms with Crippen molar-refractivity contribution in [2.24, 2.45) is 11.3 Å². The van der Waals surface area contributed by atoms with E-state index in [0.717, 1.165) is 61.4 Å². The van der Waals surface area contributed by atoms with Crippen LogP contribution in [0.15, 0.2) is 24.3 Å². The molecule has 2 aliphatic heterocycles. The molecule has 1 atom stereocenters. The third kappa shape index (κ3) is 5.38. The molecule has 1 aromatic rings. The van der Waals surface area contributed by atoms with Crippen molar-refractivity contribution in [2.45, 2.75) is 77.3 Å². The number of methoxy groups -OCH3 is 1. The average Bonchev–Trinajstić information content (AvgIpc) is 3.48. The summed E-state index contributed by atoms with van der Waals surface area (Å²) in [4.78, 5) is 42.5. The number of nitrogens with one attached hydrogen (secondary N) is 2. The molecule has 3 aliphatic rings. The number of rotatable bonds is 9. The standard InChI is InChI=1S/C28H42N4O4/c1-5-27(2,3)21-11-13-28(14-12-21)25(34)32(26(35)30-28)19-24(33)29-18-23(31-15-6-7-16-31)20-9-8-10-22(17-20)36-4/h8-10,17,21,23H,5-7,11-16,18-19H2,1-4H3,(H,29,33)(H,30,35). The molecule has 2 N–H and O–H groups in total. The lowest BCUT2D eigenvalue weighted by molar-refractivity contribution is -0.136. The summed E-state index contributed by atoms with van der Waals surface area (Å²) in [5.41, 5.74) is 0.454. The molecule has 4 rings (SSSR count). The maximum Gasteiger partial charge on any atom is 0.325 e. The van der Waals surface area contributed by atoms with Crippen molar-refractivity contribution in [3.05, 3.63) is 29.8 Å². The highest BCUT2D eigenvalue weighted by molar-refractivity contribution is 6.09. The van der Waals surface area contributed by atoms with Gasteiger partial charge in [-0.2, -0.15) is 0 Å². The molecule has 1 spiro atoms. The quantitative estimate of drug-likeness (QED) is 0.505. The van der Waals surface area contributed by atoms with E-state index in [9.17, 15) is 14.4 Å². The Morgan fingerprint density at radius 1 is 1.22 bits per heavy atom. The normalized spacial score (nSPS) is 25.8. The predicted octanol–water partition coefficient (Wildman–Crippen LogP) is 3.87. The molecule has 1 aliphatic carbocycles. The Bertz CT molecular complexity index is 964. The fourth-order valence-corrected chi connectivity index (χ4v) is 6.11. The van der Waals surface area contributed by atoms with E-state index in [1.54, 1.807) is 7.11 Å². The summed E-state index contributed by atoms with van der Waals surface area (Å²) < 4.78 is 5.40. The SMILES string of the molecule is CCC(C)(C)C1CCC2(CC1)NC(=O)N(CC(=O)NCC(c1cccc(OC)c1)N1CCCC1)C2=O. The number of hydrogen-bond acceptors (Lipinski definition) is 5. The first-order valence-corrected chi connectivity index (χ1v) is 13.5. The van der Waals surface area contributed by atoms with Crippen LogP contribution in [0.5, 0.6) is 5.75 Å². The molecule has 2 heterocycles. The summed E-state index contributed by atoms with van der Waals surface area (Å²) in [5.74, 6) is 0.752. The van der Waals surface area contributed by atoms with Crippen LogP contribution in [0.1, 0.15) is 77.3 Å². The van der Waals surface area contributed by atoms with E-state index < -0.39 is 11.6 Å². The fraction of sp³-hybridized carbons (Fsp3) is 0.679. The Morgan fingerprint density at radius 3 is 2.56 bits per heavy atom. The van der Waals surface area contributed by atoms with E-state index in [0.29, 0.717) is 25.3 Å². The van der Waals surface area contributed by atoms with Crippen LogP contribution < -0.4 is 15.4 Å². The second kappa shape index (κ2) is 10.8. The molecule has 2 saturated heterocycles. The van der Waals surface area contributed by atoms with Gasteiger partial charge in [-0.15, -0.1) is 0 Å². The minimum Gasteiger partial charge on any atom is -0.497 e. The zero-order valence-corrected chi connectivity index (χ0v) is 22.3. The molecule has 0 radical (unpaired) electrons. The summed E-state index contributed by atoms with van der Waals surface area (Å²) in [5, 5.41) is 5.94. The van der Waals surface area contributed by atoms with Crippen molar-refractivity contribution >= 4 is 17.8 Å². The molecule has 0 aromatic heterocycles. The van der Waals surface area contributed by atoms with Gasteiger partial charge < -0.3 is 15.4 Å². The molecule has 198 valence electrons. The number of urea groups is 1. The topological polar surface area (TPSA) is 91.0 Å². The highest BCUT2D eigenvalue weighted by atomic mass is 16.5. The molecule has 1 unspecified atom stereocenters. The van der Waals surface area contributed by atoms with Gasteiger partial charge in [-0.25, -0.2) is 4.79 Å². The van der Waals surface area contributed by atoms with E-state index in [2.05, 4.69) is 42.4 Å². The molecule has 8 nitrogen and oxygen atoms in total. The lowest BCUT2D eigenvalue weighted by atomic mass is 9.65. The monoisotopic (exact) mass is 498 g/mol. The second-order valence-corrected chi connectivity index (χ2v) is 11.4. The number of carbonyl (C=O) groups is 3. The first-order chi connectivity index (χ1) is 17.2. The van der Waals surface area contributed by atoms with Crippen LogP contribution in [0.2, 0.25) is 0 Å². The molecular weight excluding hydrogens is 456 g/mol. The molecule has 1 saturated carbocycles. The van der Waals surface area contributed by atoms with Crippen molar-refractivity contribution in [1.29, 1.82) is 0 Å². The van der Waals surface area contributed by atoms with Crippen LogP contribution in [0.4, 0.5) is 4.79 Å². The number of imide groups is 1. The van der Waals surface area contributed by atoms with Gasteiger partial charge in [0.2, 0.25) is 5.91 Å². The lowest BCUT2D eigenvalue weighted by Crippen LogP contribution is -2.51. The third-order valence-corrected chi connectivity index (χ3v) is 8.96. The number of benzene rings is 1. The van der Waals surface area contributed by atoms with Crippen molar-refractivity contribution in [2.75, 3.05) is 33.3 Å². The van der Waals surface area contributed by atoms with Gasteiger partial charge in [0, 0.05) is 6.54 Å². The largest absolute Gasteiger partial charge is 0.497 e. The van der Waals surface area contributed by atoms with Crippen LogP contribution in [0.3, 0.4) is 0 Å². The van der Waals surface area contributed by atoms with Crippen LogP contribution in [-0.2, 0) is 9.59 Å². The summed E-state index contributed by atoms with van der Waals surface area (Å²) >= 11 is 0. The summed E-state index contributed by atoms with van der Waals surface area (Å²) in [6.07, 6.45) is 6.44. The number of amides is 4. The molecule has 8 heteroatoms. The highest BCUT2D eigenvalue weighted by Gasteiger charge is 2.53. The number of hydrogen-bond donors (Lipinski definition) is 2. The van der Waals surface area contributed by atoms with Crippen molar-refractivity contribution in [3.63, 3.8) is 0 Å². The van der Waals surface area contributed by atoms with Gasteiger partial charge in [0.25, 0.3) is 5.91 Å². The van der Waals surface area contributed by atoms with Gasteiger partial charge in [0.05, 0.1) is 13.2 Å². The zero-order valence-electron chi connectivity index (χ0n) is 22.3. The van der Waals surface area contributed by atoms with E-state index in [-0.39, 0.29) is 29.8 Å². The average molecular weight is 499 g/mol. The van der Waals surface area contributed by atoms with Gasteiger partial charge in [0.1, 0.15) is 17.8 Å². The Hall–Kier alpha value is -2.61. The number of ether oxygens (including phenoxy) is 1. The number of nitrogens with zero attached hydrogens (tertiary/aromatic N) is 2. The van der Waals surface area contributed by atoms with Gasteiger partial charge in [-0.3, -0.25) is 19.4 Å². The first kappa shape index (κ1) is 26.5. The number of carbonyl (C=O) groups excluding carboxylic acids is 3. The van der Waals surface area contributed by atoms with Crippen LogP contribution in [0.25, 0.3) is 0 Å². The van der Waals surface area contributed by atoms with Gasteiger partial charge in [0.15, 0.2) is 0 Å². The van der Waals surface area contributed by atoms with Crippen molar-refractivity contribution < 1.29 is 19.1 Å². The van der Waals surface area contributed by atoms with Crippen molar-refractivity contribution in [1.82, 2.24) is 20.4 Å². The molecule has 1 aromatic carbocycles. The summed E-state index contributed by atoms with van der Waals surface area (Å²) in [6, 6.07) is 7.49. The minimum atomic E-state index is -0.851. The van der Waals surface area contributed by atoms with Crippen LogP contribution in [0, 0.1) is 11.3 Å². The predicted molar refractivity (Wildman–Crippen MR) is 139 cm³/mol. The van der Waals surface area contributed by atoms with Gasteiger partial charge >= 0.3 is 6.03 Å². The summed E-state index contributed by atoms with van der Waals surface area (Å²) in [6.45, 7) is 8.88. The van der Waals surface area contributed by atoms with E-state index in [4.69, 9.17) is 4.74 Å². The van der Waals surface area contributed by atoms with Crippen LogP contribution in [-0.4, -0.2) is 66.5 Å². The van der Waals surface area contributed by atoms with Gasteiger partial charge in [-0.05, 0) is 80.6 Å². The van der Waals surface area contributed by atoms with Crippen molar-refractivity contribution in [3.8, 4) is 5.75 Å². The molecular formula is C28H42N4O4. The molecule has 3 fully saturated rings. The maximum absolute atomic E-state index is 13.3. The minimum absolute atomic E-state index is 0.0122. The molecule has 4 amide bonds. The Balaban J connectivity index is 1.37. The highest BCUT2D eigenvalue weighted by Crippen LogP contribution is 2.45. The van der Waals surface area contributed by atoms with Crippen LogP contribution >= 0.6 is 0 Å². The van der Waals surface area contributed by atoms with E-state index in [1.807, 2.05) is 18.2 Å². The Morgan fingerprint density at radius 2 is 1.92 bits per heavy atom. The third-order valence-electron chi connectivity index (χ3n) is 8.96. The van der Waals surface area contributed by atoms with E-state index in [1.165, 1.54) is 0 Å². The zero-order chi connectivity index (χ0) is 25.9. The molecule has 0 bridgehead atoms. The smallest absolute Gasteiger partial charge is 0.325 e. The number of likely N-dealkylation sites (tertiary alicyclic amines) is 1. The fourth-order valence-electron chi connectivity index (χ4n) is 6.11. The van der Waals surface area contributed by atoms with Gasteiger partial charge in [-0.1, -0.05) is 39.3 Å². The maximum atomic E-state index is 13.3. The Kier molecular flexibility index (Phi) is 7.93. The Labute approximate surface area is 215 Å². The first-order valence-electron chi connectivity index (χ1n) is 13.5. The summed E-state index contributed by atoms with van der Waals surface area (Å²) in [7, 11) is 1.65. The second-order valence-electron chi connectivity index (χ2n) is 11.4.